The molecule has 1 aliphatic heterocycles. The molecule has 0 radical (unpaired) electrons. The van der Waals surface area contributed by atoms with E-state index in [-0.39, 0.29) is 11.9 Å². The van der Waals surface area contributed by atoms with Gasteiger partial charge in [0.2, 0.25) is 5.95 Å². The number of esters is 1. The zero-order valence-electron chi connectivity index (χ0n) is 15.7. The van der Waals surface area contributed by atoms with Gasteiger partial charge in [0, 0.05) is 50.5 Å². The van der Waals surface area contributed by atoms with E-state index in [9.17, 15) is 4.79 Å². The number of thiophene rings is 1. The lowest BCUT2D eigenvalue weighted by Gasteiger charge is -2.35. The number of anilines is 2. The van der Waals surface area contributed by atoms with Crippen molar-refractivity contribution in [1.82, 2.24) is 19.9 Å². The summed E-state index contributed by atoms with van der Waals surface area (Å²) in [5, 5.41) is 2.51. The van der Waals surface area contributed by atoms with Gasteiger partial charge in [0.15, 0.2) is 0 Å². The van der Waals surface area contributed by atoms with Crippen molar-refractivity contribution < 1.29 is 9.53 Å². The molecule has 0 unspecified atom stereocenters. The van der Waals surface area contributed by atoms with Crippen LogP contribution in [0.25, 0.3) is 10.2 Å². The molecule has 0 spiro atoms. The van der Waals surface area contributed by atoms with Gasteiger partial charge < -0.3 is 15.4 Å². The Morgan fingerprint density at radius 3 is 2.82 bits per heavy atom. The SMILES string of the molecule is CCOC(=O)c1csc2nc(N)nc(N3CCN(Cc4cccnc4)CC3)c12. The van der Waals surface area contributed by atoms with E-state index in [1.807, 2.05) is 12.3 Å². The lowest BCUT2D eigenvalue weighted by Crippen LogP contribution is -2.46. The van der Waals surface area contributed by atoms with E-state index in [0.29, 0.717) is 22.8 Å². The first-order valence-electron chi connectivity index (χ1n) is 9.23. The largest absolute Gasteiger partial charge is 0.462 e. The fourth-order valence-electron chi connectivity index (χ4n) is 3.40. The molecule has 146 valence electrons. The molecule has 4 rings (SSSR count). The van der Waals surface area contributed by atoms with Gasteiger partial charge in [0.25, 0.3) is 0 Å². The number of ether oxygens (including phenoxy) is 1. The topological polar surface area (TPSA) is 97.5 Å². The Kier molecular flexibility index (Phi) is 5.36. The molecule has 2 N–H and O–H groups in total. The number of nitrogens with two attached hydrogens (primary N) is 1. The van der Waals surface area contributed by atoms with E-state index < -0.39 is 0 Å². The quantitative estimate of drug-likeness (QED) is 0.653. The third-order valence-corrected chi connectivity index (χ3v) is 5.60. The molecule has 0 bridgehead atoms. The number of nitrogen functional groups attached to an aromatic ring is 1. The molecule has 3 aromatic rings. The summed E-state index contributed by atoms with van der Waals surface area (Å²) in [4.78, 5) is 30.6. The van der Waals surface area contributed by atoms with Crippen molar-refractivity contribution in [2.24, 2.45) is 0 Å². The average Bonchev–Trinajstić information content (AvgIpc) is 3.13. The summed E-state index contributed by atoms with van der Waals surface area (Å²) >= 11 is 1.39. The second-order valence-electron chi connectivity index (χ2n) is 6.58. The zero-order chi connectivity index (χ0) is 19.5. The summed E-state index contributed by atoms with van der Waals surface area (Å²) in [6.45, 7) is 6.36. The second-order valence-corrected chi connectivity index (χ2v) is 7.44. The monoisotopic (exact) mass is 398 g/mol. The van der Waals surface area contributed by atoms with Crippen LogP contribution in [0.5, 0.6) is 0 Å². The summed E-state index contributed by atoms with van der Waals surface area (Å²) in [6, 6.07) is 4.05. The maximum Gasteiger partial charge on any atom is 0.339 e. The maximum absolute atomic E-state index is 12.4. The second kappa shape index (κ2) is 8.07. The molecule has 8 nitrogen and oxygen atoms in total. The summed E-state index contributed by atoms with van der Waals surface area (Å²) in [5.41, 5.74) is 7.64. The number of hydrogen-bond acceptors (Lipinski definition) is 9. The number of pyridine rings is 1. The van der Waals surface area contributed by atoms with Crippen molar-refractivity contribution in [3.8, 4) is 0 Å². The minimum atomic E-state index is -0.349. The third-order valence-electron chi connectivity index (χ3n) is 4.73. The van der Waals surface area contributed by atoms with Crippen molar-refractivity contribution in [3.05, 3.63) is 41.0 Å². The number of carbonyl (C=O) groups is 1. The molecule has 0 aliphatic carbocycles. The molecule has 0 saturated carbocycles. The van der Waals surface area contributed by atoms with Gasteiger partial charge in [-0.05, 0) is 18.6 Å². The smallest absolute Gasteiger partial charge is 0.339 e. The Bertz CT molecular complexity index is 969. The Morgan fingerprint density at radius 1 is 1.29 bits per heavy atom. The number of nitrogens with zero attached hydrogens (tertiary/aromatic N) is 5. The Morgan fingerprint density at radius 2 is 2.11 bits per heavy atom. The van der Waals surface area contributed by atoms with E-state index in [4.69, 9.17) is 10.5 Å². The van der Waals surface area contributed by atoms with Crippen molar-refractivity contribution in [2.75, 3.05) is 43.4 Å². The fourth-order valence-corrected chi connectivity index (χ4v) is 4.30. The highest BCUT2D eigenvalue weighted by Crippen LogP contribution is 2.33. The lowest BCUT2D eigenvalue weighted by atomic mass is 10.2. The van der Waals surface area contributed by atoms with Crippen LogP contribution in [0.3, 0.4) is 0 Å². The molecule has 3 aromatic heterocycles. The average molecular weight is 398 g/mol. The van der Waals surface area contributed by atoms with Crippen LogP contribution in [0, 0.1) is 0 Å². The van der Waals surface area contributed by atoms with Gasteiger partial charge in [-0.1, -0.05) is 6.07 Å². The van der Waals surface area contributed by atoms with E-state index in [0.717, 1.165) is 38.1 Å². The first-order valence-corrected chi connectivity index (χ1v) is 10.1. The van der Waals surface area contributed by atoms with Crippen LogP contribution in [-0.4, -0.2) is 58.6 Å². The zero-order valence-corrected chi connectivity index (χ0v) is 16.5. The summed E-state index contributed by atoms with van der Waals surface area (Å²) in [6.07, 6.45) is 3.69. The first-order chi connectivity index (χ1) is 13.7. The molecule has 1 aliphatic rings. The van der Waals surface area contributed by atoms with Gasteiger partial charge in [0.05, 0.1) is 17.6 Å². The molecule has 4 heterocycles. The van der Waals surface area contributed by atoms with E-state index >= 15 is 0 Å². The number of hydrogen-bond donors (Lipinski definition) is 1. The molecule has 9 heteroatoms. The molecule has 0 amide bonds. The number of piperazine rings is 1. The molecular formula is C19H22N6O2S. The van der Waals surface area contributed by atoms with Gasteiger partial charge in [-0.25, -0.2) is 9.78 Å². The van der Waals surface area contributed by atoms with Gasteiger partial charge in [-0.15, -0.1) is 11.3 Å². The first kappa shape index (κ1) is 18.6. The van der Waals surface area contributed by atoms with Crippen LogP contribution in [0.4, 0.5) is 11.8 Å². The fraction of sp³-hybridized carbons (Fsp3) is 0.368. The standard InChI is InChI=1S/C19H22N6O2S/c1-2-27-18(26)14-12-28-17-15(14)16(22-19(20)23-17)25-8-6-24(7-9-25)11-13-4-3-5-21-10-13/h3-5,10,12H,2,6-9,11H2,1H3,(H2,20,22,23). The predicted molar refractivity (Wildman–Crippen MR) is 110 cm³/mol. The molecular weight excluding hydrogens is 376 g/mol. The van der Waals surface area contributed by atoms with Crippen LogP contribution in [-0.2, 0) is 11.3 Å². The molecule has 1 fully saturated rings. The van der Waals surface area contributed by atoms with Gasteiger partial charge in [-0.3, -0.25) is 9.88 Å². The van der Waals surface area contributed by atoms with E-state index in [1.165, 1.54) is 16.9 Å². The molecule has 0 atom stereocenters. The summed E-state index contributed by atoms with van der Waals surface area (Å²) < 4.78 is 5.20. The minimum absolute atomic E-state index is 0.220. The lowest BCUT2D eigenvalue weighted by molar-refractivity contribution is 0.0529. The number of carbonyl (C=O) groups excluding carboxylic acids is 1. The van der Waals surface area contributed by atoms with Crippen molar-refractivity contribution in [2.45, 2.75) is 13.5 Å². The molecule has 28 heavy (non-hydrogen) atoms. The van der Waals surface area contributed by atoms with Gasteiger partial charge >= 0.3 is 5.97 Å². The number of fused-ring (bicyclic) bond motifs is 1. The highest BCUT2D eigenvalue weighted by Gasteiger charge is 2.25. The van der Waals surface area contributed by atoms with Crippen LogP contribution in [0.2, 0.25) is 0 Å². The number of rotatable bonds is 5. The van der Waals surface area contributed by atoms with Crippen LogP contribution in [0.15, 0.2) is 29.9 Å². The maximum atomic E-state index is 12.4. The summed E-state index contributed by atoms with van der Waals surface area (Å²) in [5.74, 6) is 0.587. The van der Waals surface area contributed by atoms with E-state index in [2.05, 4.69) is 30.8 Å². The van der Waals surface area contributed by atoms with Crippen LogP contribution >= 0.6 is 11.3 Å². The van der Waals surface area contributed by atoms with Crippen molar-refractivity contribution in [3.63, 3.8) is 0 Å². The van der Waals surface area contributed by atoms with Gasteiger partial charge in [-0.2, -0.15) is 4.98 Å². The van der Waals surface area contributed by atoms with E-state index in [1.54, 1.807) is 18.5 Å². The van der Waals surface area contributed by atoms with Crippen molar-refractivity contribution >= 4 is 39.3 Å². The highest BCUT2D eigenvalue weighted by atomic mass is 32.1. The Hall–Kier alpha value is -2.78. The third kappa shape index (κ3) is 3.76. The van der Waals surface area contributed by atoms with Crippen LogP contribution < -0.4 is 10.6 Å². The minimum Gasteiger partial charge on any atom is -0.462 e. The Labute approximate surface area is 167 Å². The highest BCUT2D eigenvalue weighted by molar-refractivity contribution is 7.17. The Balaban J connectivity index is 1.56. The summed E-state index contributed by atoms with van der Waals surface area (Å²) in [7, 11) is 0. The molecule has 1 saturated heterocycles. The normalized spacial score (nSPS) is 15.1. The number of aromatic nitrogens is 3. The predicted octanol–water partition coefficient (Wildman–Crippen LogP) is 2.17. The van der Waals surface area contributed by atoms with Crippen LogP contribution in [0.1, 0.15) is 22.8 Å². The van der Waals surface area contributed by atoms with Crippen molar-refractivity contribution in [1.29, 1.82) is 0 Å². The molecule has 0 aromatic carbocycles. The van der Waals surface area contributed by atoms with Gasteiger partial charge in [0.1, 0.15) is 10.6 Å².